The van der Waals surface area contributed by atoms with Crippen molar-refractivity contribution in [2.45, 2.75) is 11.8 Å². The van der Waals surface area contributed by atoms with Gasteiger partial charge in [0.05, 0.1) is 5.02 Å². The Morgan fingerprint density at radius 2 is 1.75 bits per heavy atom. The highest BCUT2D eigenvalue weighted by Crippen LogP contribution is 2.28. The lowest BCUT2D eigenvalue weighted by molar-refractivity contribution is 0.384. The van der Waals surface area contributed by atoms with Crippen molar-refractivity contribution >= 4 is 39.0 Å². The van der Waals surface area contributed by atoms with Crippen LogP contribution >= 0.6 is 23.2 Å². The van der Waals surface area contributed by atoms with Gasteiger partial charge in [0.15, 0.2) is 0 Å². The summed E-state index contributed by atoms with van der Waals surface area (Å²) in [5.74, 6) is 0.872. The quantitative estimate of drug-likeness (QED) is 0.813. The SMILES string of the molecule is Cc1cccc(N2CCN(S(=O)(=O)c3ccc(Cl)cc3Cl)CC2)n1. The molecule has 0 amide bonds. The van der Waals surface area contributed by atoms with Gasteiger partial charge in [0.25, 0.3) is 0 Å². The fourth-order valence-electron chi connectivity index (χ4n) is 2.69. The van der Waals surface area contributed by atoms with Crippen molar-refractivity contribution in [3.05, 3.63) is 52.1 Å². The fraction of sp³-hybridized carbons (Fsp3) is 0.312. The first-order valence-corrected chi connectivity index (χ1v) is 9.71. The second-order valence-electron chi connectivity index (χ2n) is 5.60. The number of benzene rings is 1. The summed E-state index contributed by atoms with van der Waals surface area (Å²) in [5.41, 5.74) is 0.940. The monoisotopic (exact) mass is 385 g/mol. The summed E-state index contributed by atoms with van der Waals surface area (Å²) < 4.78 is 27.0. The van der Waals surface area contributed by atoms with E-state index in [1.54, 1.807) is 0 Å². The molecule has 1 aromatic heterocycles. The molecule has 0 atom stereocenters. The molecule has 3 rings (SSSR count). The van der Waals surface area contributed by atoms with Gasteiger partial charge in [-0.3, -0.25) is 0 Å². The van der Waals surface area contributed by atoms with Crippen LogP contribution in [0.25, 0.3) is 0 Å². The highest BCUT2D eigenvalue weighted by molar-refractivity contribution is 7.89. The van der Waals surface area contributed by atoms with Crippen molar-refractivity contribution in [1.82, 2.24) is 9.29 Å². The molecule has 1 fully saturated rings. The predicted molar refractivity (Wildman–Crippen MR) is 96.4 cm³/mol. The van der Waals surface area contributed by atoms with Crippen molar-refractivity contribution in [1.29, 1.82) is 0 Å². The number of aryl methyl sites for hydroxylation is 1. The highest BCUT2D eigenvalue weighted by Gasteiger charge is 2.30. The zero-order valence-electron chi connectivity index (χ0n) is 13.1. The van der Waals surface area contributed by atoms with Gasteiger partial charge in [-0.2, -0.15) is 4.31 Å². The number of nitrogens with zero attached hydrogens (tertiary/aromatic N) is 3. The molecule has 1 aliphatic heterocycles. The maximum Gasteiger partial charge on any atom is 0.244 e. The summed E-state index contributed by atoms with van der Waals surface area (Å²) in [7, 11) is -3.63. The molecule has 1 aromatic carbocycles. The summed E-state index contributed by atoms with van der Waals surface area (Å²) in [6, 6.07) is 10.3. The van der Waals surface area contributed by atoms with E-state index < -0.39 is 10.0 Å². The lowest BCUT2D eigenvalue weighted by atomic mass is 10.3. The Labute approximate surface area is 151 Å². The average molecular weight is 386 g/mol. The van der Waals surface area contributed by atoms with E-state index in [1.165, 1.54) is 22.5 Å². The molecule has 0 aliphatic carbocycles. The number of hydrogen-bond donors (Lipinski definition) is 0. The zero-order chi connectivity index (χ0) is 17.3. The largest absolute Gasteiger partial charge is 0.354 e. The molecular formula is C16H17Cl2N3O2S. The van der Waals surface area contributed by atoms with Crippen LogP contribution in [0.4, 0.5) is 5.82 Å². The van der Waals surface area contributed by atoms with Gasteiger partial charge in [-0.25, -0.2) is 13.4 Å². The van der Waals surface area contributed by atoms with Crippen molar-refractivity contribution in [2.24, 2.45) is 0 Å². The Bertz CT molecular complexity index is 850. The van der Waals surface area contributed by atoms with Gasteiger partial charge in [0, 0.05) is 36.9 Å². The van der Waals surface area contributed by atoms with Gasteiger partial charge >= 0.3 is 0 Å². The normalized spacial score (nSPS) is 16.4. The average Bonchev–Trinajstić information content (AvgIpc) is 2.54. The van der Waals surface area contributed by atoms with Crippen molar-refractivity contribution < 1.29 is 8.42 Å². The molecule has 0 bridgehead atoms. The first-order valence-electron chi connectivity index (χ1n) is 7.52. The van der Waals surface area contributed by atoms with E-state index in [-0.39, 0.29) is 9.92 Å². The number of hydrogen-bond acceptors (Lipinski definition) is 4. The van der Waals surface area contributed by atoms with Gasteiger partial charge < -0.3 is 4.90 Å². The molecule has 8 heteroatoms. The number of halogens is 2. The molecule has 2 heterocycles. The van der Waals surface area contributed by atoms with Gasteiger partial charge in [0.2, 0.25) is 10.0 Å². The minimum Gasteiger partial charge on any atom is -0.354 e. The first-order chi connectivity index (χ1) is 11.4. The van der Waals surface area contributed by atoms with Crippen LogP contribution in [-0.2, 0) is 10.0 Å². The third-order valence-electron chi connectivity index (χ3n) is 3.95. The zero-order valence-corrected chi connectivity index (χ0v) is 15.4. The Kier molecular flexibility index (Phi) is 5.01. The van der Waals surface area contributed by atoms with Crippen molar-refractivity contribution in [3.8, 4) is 0 Å². The van der Waals surface area contributed by atoms with Gasteiger partial charge in [-0.1, -0.05) is 29.3 Å². The Balaban J connectivity index is 1.76. The van der Waals surface area contributed by atoms with Crippen LogP contribution < -0.4 is 4.90 Å². The molecule has 2 aromatic rings. The van der Waals surface area contributed by atoms with E-state index in [0.29, 0.717) is 31.2 Å². The molecule has 5 nitrogen and oxygen atoms in total. The smallest absolute Gasteiger partial charge is 0.244 e. The van der Waals surface area contributed by atoms with E-state index in [0.717, 1.165) is 11.5 Å². The standard InChI is InChI=1S/C16H17Cl2N3O2S/c1-12-3-2-4-16(19-12)20-7-9-21(10-8-20)24(22,23)15-6-5-13(17)11-14(15)18/h2-6,11H,7-10H2,1H3. The van der Waals surface area contributed by atoms with Gasteiger partial charge in [-0.15, -0.1) is 0 Å². The summed E-state index contributed by atoms with van der Waals surface area (Å²) >= 11 is 11.9. The molecular weight excluding hydrogens is 369 g/mol. The van der Waals surface area contributed by atoms with Crippen LogP contribution in [0.3, 0.4) is 0 Å². The summed E-state index contributed by atoms with van der Waals surface area (Å²) in [6.07, 6.45) is 0. The number of pyridine rings is 1. The predicted octanol–water partition coefficient (Wildman–Crippen LogP) is 3.21. The molecule has 24 heavy (non-hydrogen) atoms. The second kappa shape index (κ2) is 6.88. The number of piperazine rings is 1. The molecule has 128 valence electrons. The molecule has 0 saturated carbocycles. The summed E-state index contributed by atoms with van der Waals surface area (Å²) in [5, 5.41) is 0.555. The third-order valence-corrected chi connectivity index (χ3v) is 6.56. The lowest BCUT2D eigenvalue weighted by Crippen LogP contribution is -2.49. The maximum absolute atomic E-state index is 12.8. The first kappa shape index (κ1) is 17.5. The minimum absolute atomic E-state index is 0.0932. The second-order valence-corrected chi connectivity index (χ2v) is 8.35. The van der Waals surface area contributed by atoms with Crippen LogP contribution in [-0.4, -0.2) is 43.9 Å². The summed E-state index contributed by atoms with van der Waals surface area (Å²) in [6.45, 7) is 3.88. The third kappa shape index (κ3) is 3.52. The molecule has 1 aliphatic rings. The molecule has 0 unspecified atom stereocenters. The minimum atomic E-state index is -3.63. The van der Waals surface area contributed by atoms with Crippen molar-refractivity contribution in [3.63, 3.8) is 0 Å². The van der Waals surface area contributed by atoms with Crippen LogP contribution in [0.2, 0.25) is 10.0 Å². The topological polar surface area (TPSA) is 53.5 Å². The van der Waals surface area contributed by atoms with Crippen LogP contribution in [0, 0.1) is 6.92 Å². The molecule has 0 radical (unpaired) electrons. The lowest BCUT2D eigenvalue weighted by Gasteiger charge is -2.34. The van der Waals surface area contributed by atoms with Crippen LogP contribution in [0.5, 0.6) is 0 Å². The molecule has 1 saturated heterocycles. The van der Waals surface area contributed by atoms with E-state index in [2.05, 4.69) is 9.88 Å². The van der Waals surface area contributed by atoms with Gasteiger partial charge in [0.1, 0.15) is 10.7 Å². The number of aromatic nitrogens is 1. The number of sulfonamides is 1. The summed E-state index contributed by atoms with van der Waals surface area (Å²) in [4.78, 5) is 6.67. The van der Waals surface area contributed by atoms with E-state index in [1.807, 2.05) is 25.1 Å². The van der Waals surface area contributed by atoms with E-state index in [4.69, 9.17) is 23.2 Å². The maximum atomic E-state index is 12.8. The Morgan fingerprint density at radius 1 is 1.04 bits per heavy atom. The highest BCUT2D eigenvalue weighted by atomic mass is 35.5. The number of rotatable bonds is 3. The number of anilines is 1. The Morgan fingerprint density at radius 3 is 2.38 bits per heavy atom. The van der Waals surface area contributed by atoms with Gasteiger partial charge in [-0.05, 0) is 37.3 Å². The molecule has 0 spiro atoms. The van der Waals surface area contributed by atoms with E-state index >= 15 is 0 Å². The molecule has 0 N–H and O–H groups in total. The van der Waals surface area contributed by atoms with Crippen molar-refractivity contribution in [2.75, 3.05) is 31.1 Å². The van der Waals surface area contributed by atoms with Crippen LogP contribution in [0.1, 0.15) is 5.69 Å². The Hall–Kier alpha value is -1.34. The fourth-order valence-corrected chi connectivity index (χ4v) is 4.85. The van der Waals surface area contributed by atoms with E-state index in [9.17, 15) is 8.42 Å². The van der Waals surface area contributed by atoms with Crippen LogP contribution in [0.15, 0.2) is 41.3 Å².